The molecule has 4 rings (SSSR count). The smallest absolute Gasteiger partial charge is 0.416 e. The molecule has 5 nitrogen and oxygen atoms in total. The minimum atomic E-state index is -4.37. The molecule has 1 unspecified atom stereocenters. The van der Waals surface area contributed by atoms with Crippen LogP contribution >= 0.6 is 11.8 Å². The molecule has 2 aromatic carbocycles. The molecule has 178 valence electrons. The summed E-state index contributed by atoms with van der Waals surface area (Å²) in [5.41, 5.74) is 0.931. The van der Waals surface area contributed by atoms with E-state index in [1.165, 1.54) is 17.8 Å². The van der Waals surface area contributed by atoms with E-state index in [4.69, 9.17) is 5.11 Å². The third-order valence-corrected chi connectivity index (χ3v) is 7.36. The number of carbonyl (C=O) groups is 1. The van der Waals surface area contributed by atoms with Crippen LogP contribution in [0, 0.1) is 5.92 Å². The lowest BCUT2D eigenvalue weighted by molar-refractivity contribution is -0.142. The second-order valence-corrected chi connectivity index (χ2v) is 9.72. The molecule has 2 heterocycles. The standard InChI is InChI=1S/C24H28F3N3O2S/c1-17(23(31)32)16-29-13-11-28(12-14-29)9-4-10-30-19-5-2-3-6-21(19)33-22-8-7-18(15-20(22)30)24(25,26)27/h2-3,5-8,15,17H,4,9-14,16H2,1H3,(H,31,32). The maximum atomic E-state index is 13.4. The van der Waals surface area contributed by atoms with Crippen LogP contribution in [-0.4, -0.2) is 66.7 Å². The van der Waals surface area contributed by atoms with Crippen molar-refractivity contribution in [1.29, 1.82) is 0 Å². The fourth-order valence-corrected chi connectivity index (χ4v) is 5.44. The van der Waals surface area contributed by atoms with Gasteiger partial charge in [0.05, 0.1) is 22.9 Å². The number of carboxylic acids is 1. The molecule has 0 bridgehead atoms. The number of halogens is 3. The molecule has 2 aliphatic rings. The summed E-state index contributed by atoms with van der Waals surface area (Å²) < 4.78 is 40.1. The lowest BCUT2D eigenvalue weighted by atomic mass is 10.1. The lowest BCUT2D eigenvalue weighted by Crippen LogP contribution is -2.48. The van der Waals surface area contributed by atoms with Crippen molar-refractivity contribution < 1.29 is 23.1 Å². The van der Waals surface area contributed by atoms with Gasteiger partial charge in [0, 0.05) is 49.1 Å². The van der Waals surface area contributed by atoms with E-state index in [1.807, 2.05) is 29.2 Å². The molecular weight excluding hydrogens is 451 g/mol. The van der Waals surface area contributed by atoms with Gasteiger partial charge in [0.2, 0.25) is 0 Å². The van der Waals surface area contributed by atoms with Crippen LogP contribution in [0.2, 0.25) is 0 Å². The Labute approximate surface area is 196 Å². The number of alkyl halides is 3. The van der Waals surface area contributed by atoms with Gasteiger partial charge in [-0.05, 0) is 43.3 Å². The molecule has 33 heavy (non-hydrogen) atoms. The molecule has 1 fully saturated rings. The molecule has 0 amide bonds. The molecule has 1 atom stereocenters. The van der Waals surface area contributed by atoms with Crippen LogP contribution in [0.1, 0.15) is 18.9 Å². The fourth-order valence-electron chi connectivity index (χ4n) is 4.36. The maximum Gasteiger partial charge on any atom is 0.416 e. The molecule has 1 saturated heterocycles. The van der Waals surface area contributed by atoms with Gasteiger partial charge < -0.3 is 14.9 Å². The van der Waals surface area contributed by atoms with Gasteiger partial charge in [-0.2, -0.15) is 13.2 Å². The Kier molecular flexibility index (Phi) is 7.21. The van der Waals surface area contributed by atoms with Gasteiger partial charge in [0.15, 0.2) is 0 Å². The van der Waals surface area contributed by atoms with Gasteiger partial charge >= 0.3 is 12.1 Å². The van der Waals surface area contributed by atoms with Crippen molar-refractivity contribution in [1.82, 2.24) is 9.80 Å². The van der Waals surface area contributed by atoms with E-state index in [1.54, 1.807) is 13.0 Å². The van der Waals surface area contributed by atoms with Crippen molar-refractivity contribution in [2.75, 3.05) is 50.7 Å². The van der Waals surface area contributed by atoms with Crippen LogP contribution in [0.25, 0.3) is 0 Å². The Balaban J connectivity index is 1.40. The molecule has 0 aromatic heterocycles. The second kappa shape index (κ2) is 9.95. The molecule has 9 heteroatoms. The Bertz CT molecular complexity index is 993. The molecule has 2 aromatic rings. The lowest BCUT2D eigenvalue weighted by Gasteiger charge is -2.37. The van der Waals surface area contributed by atoms with E-state index in [9.17, 15) is 18.0 Å². The van der Waals surface area contributed by atoms with Crippen LogP contribution in [0.4, 0.5) is 24.5 Å². The van der Waals surface area contributed by atoms with Gasteiger partial charge in [0.25, 0.3) is 0 Å². The summed E-state index contributed by atoms with van der Waals surface area (Å²) in [4.78, 5) is 19.5. The Morgan fingerprint density at radius 1 is 1.00 bits per heavy atom. The zero-order valence-corrected chi connectivity index (χ0v) is 19.3. The summed E-state index contributed by atoms with van der Waals surface area (Å²) in [6.07, 6.45) is -3.56. The summed E-state index contributed by atoms with van der Waals surface area (Å²) in [7, 11) is 0. The van der Waals surface area contributed by atoms with Crippen molar-refractivity contribution in [3.63, 3.8) is 0 Å². The van der Waals surface area contributed by atoms with Gasteiger partial charge in [-0.25, -0.2) is 0 Å². The largest absolute Gasteiger partial charge is 0.481 e. The summed E-state index contributed by atoms with van der Waals surface area (Å²) in [6.45, 7) is 7.16. The highest BCUT2D eigenvalue weighted by atomic mass is 32.2. The number of piperazine rings is 1. The van der Waals surface area contributed by atoms with Crippen molar-refractivity contribution >= 4 is 29.1 Å². The zero-order chi connectivity index (χ0) is 23.6. The average molecular weight is 480 g/mol. The Morgan fingerprint density at radius 3 is 2.36 bits per heavy atom. The van der Waals surface area contributed by atoms with Crippen LogP contribution in [0.3, 0.4) is 0 Å². The highest BCUT2D eigenvalue weighted by Crippen LogP contribution is 2.49. The Morgan fingerprint density at radius 2 is 1.67 bits per heavy atom. The van der Waals surface area contributed by atoms with Crippen LogP contribution in [0.15, 0.2) is 52.3 Å². The third-order valence-electron chi connectivity index (χ3n) is 6.23. The van der Waals surface area contributed by atoms with Gasteiger partial charge in [-0.15, -0.1) is 0 Å². The molecule has 0 spiro atoms. The number of para-hydroxylation sites is 1. The number of nitrogens with zero attached hydrogens (tertiary/aromatic N) is 3. The number of carboxylic acid groups (broad SMARTS) is 1. The number of hydrogen-bond acceptors (Lipinski definition) is 5. The number of rotatable bonds is 7. The van der Waals surface area contributed by atoms with Crippen molar-refractivity contribution in [2.24, 2.45) is 5.92 Å². The van der Waals surface area contributed by atoms with Crippen molar-refractivity contribution in [3.05, 3.63) is 48.0 Å². The van der Waals surface area contributed by atoms with E-state index >= 15 is 0 Å². The van der Waals surface area contributed by atoms with E-state index in [-0.39, 0.29) is 5.92 Å². The summed E-state index contributed by atoms with van der Waals surface area (Å²) >= 11 is 1.51. The topological polar surface area (TPSA) is 47.0 Å². The number of aliphatic carboxylic acids is 1. The van der Waals surface area contributed by atoms with E-state index in [2.05, 4.69) is 9.80 Å². The minimum absolute atomic E-state index is 0.379. The van der Waals surface area contributed by atoms with Crippen LogP contribution in [-0.2, 0) is 11.0 Å². The maximum absolute atomic E-state index is 13.4. The minimum Gasteiger partial charge on any atom is -0.481 e. The number of fused-ring (bicyclic) bond motifs is 2. The summed E-state index contributed by atoms with van der Waals surface area (Å²) in [6, 6.07) is 11.8. The van der Waals surface area contributed by atoms with Crippen LogP contribution < -0.4 is 4.90 Å². The van der Waals surface area contributed by atoms with E-state index < -0.39 is 17.7 Å². The van der Waals surface area contributed by atoms with Gasteiger partial charge in [-0.1, -0.05) is 30.8 Å². The van der Waals surface area contributed by atoms with Crippen LogP contribution in [0.5, 0.6) is 0 Å². The van der Waals surface area contributed by atoms with E-state index in [0.717, 1.165) is 60.7 Å². The zero-order valence-electron chi connectivity index (χ0n) is 18.5. The first-order chi connectivity index (χ1) is 15.7. The van der Waals surface area contributed by atoms with E-state index in [0.29, 0.717) is 18.8 Å². The summed E-state index contributed by atoms with van der Waals surface area (Å²) in [5, 5.41) is 9.10. The molecule has 0 radical (unpaired) electrons. The first-order valence-electron chi connectivity index (χ1n) is 11.2. The molecule has 1 N–H and O–H groups in total. The van der Waals surface area contributed by atoms with Crippen molar-refractivity contribution in [3.8, 4) is 0 Å². The first kappa shape index (κ1) is 23.9. The second-order valence-electron chi connectivity index (χ2n) is 8.64. The summed E-state index contributed by atoms with van der Waals surface area (Å²) in [5.74, 6) is -1.15. The number of benzene rings is 2. The normalized spacial score (nSPS) is 18.0. The predicted molar refractivity (Wildman–Crippen MR) is 123 cm³/mol. The molecular formula is C24H28F3N3O2S. The third kappa shape index (κ3) is 5.65. The number of hydrogen-bond donors (Lipinski definition) is 1. The highest BCUT2D eigenvalue weighted by molar-refractivity contribution is 7.99. The molecule has 0 saturated carbocycles. The van der Waals surface area contributed by atoms with Gasteiger partial charge in [-0.3, -0.25) is 9.69 Å². The average Bonchev–Trinajstić information content (AvgIpc) is 2.78. The monoisotopic (exact) mass is 479 g/mol. The number of anilines is 2. The molecule has 0 aliphatic carbocycles. The quantitative estimate of drug-likeness (QED) is 0.601. The Hall–Kier alpha value is -2.23. The first-order valence-corrected chi connectivity index (χ1v) is 12.0. The SMILES string of the molecule is CC(CN1CCN(CCCN2c3ccccc3Sc3ccc(C(F)(F)F)cc32)CC1)C(=O)O. The van der Waals surface area contributed by atoms with Gasteiger partial charge in [0.1, 0.15) is 0 Å². The highest BCUT2D eigenvalue weighted by Gasteiger charge is 2.33. The molecule has 2 aliphatic heterocycles. The predicted octanol–water partition coefficient (Wildman–Crippen LogP) is 5.04. The fraction of sp³-hybridized carbons (Fsp3) is 0.458. The van der Waals surface area contributed by atoms with Crippen molar-refractivity contribution in [2.45, 2.75) is 29.3 Å².